The molecule has 0 amide bonds. The van der Waals surface area contributed by atoms with E-state index in [9.17, 15) is 14.7 Å². The van der Waals surface area contributed by atoms with Crippen LogP contribution in [0, 0.1) is 18.8 Å². The molecule has 0 radical (unpaired) electrons. The van der Waals surface area contributed by atoms with Crippen molar-refractivity contribution in [1.29, 1.82) is 0 Å². The van der Waals surface area contributed by atoms with Gasteiger partial charge in [0.2, 0.25) is 12.0 Å². The highest BCUT2D eigenvalue weighted by atomic mass is 35.5. The summed E-state index contributed by atoms with van der Waals surface area (Å²) in [4.78, 5) is 44.0. The van der Waals surface area contributed by atoms with E-state index in [1.165, 1.54) is 17.7 Å². The molecule has 56 heavy (non-hydrogen) atoms. The molecule has 4 heterocycles. The number of carboxylic acids is 1. The summed E-state index contributed by atoms with van der Waals surface area (Å²) in [6.07, 6.45) is 2.23. The summed E-state index contributed by atoms with van der Waals surface area (Å²) in [7, 11) is 1.58. The Labute approximate surface area is 331 Å². The van der Waals surface area contributed by atoms with Gasteiger partial charge < -0.3 is 28.8 Å². The third-order valence-electron chi connectivity index (χ3n) is 9.05. The lowest BCUT2D eigenvalue weighted by Crippen LogP contribution is -2.30. The number of ether oxygens (including phenoxy) is 5. The molecule has 0 bridgehead atoms. The van der Waals surface area contributed by atoms with Gasteiger partial charge in [-0.15, -0.1) is 17.3 Å². The number of aldehydes is 1. The van der Waals surface area contributed by atoms with Crippen LogP contribution in [0.2, 0.25) is 5.02 Å². The maximum atomic E-state index is 12.9. The molecule has 1 unspecified atom stereocenters. The quantitative estimate of drug-likeness (QED) is 0.0890. The van der Waals surface area contributed by atoms with E-state index in [0.717, 1.165) is 23.1 Å². The average molecular weight is 791 g/mol. The Balaban J connectivity index is 1.21. The van der Waals surface area contributed by atoms with E-state index in [-0.39, 0.29) is 18.9 Å². The van der Waals surface area contributed by atoms with Gasteiger partial charge >= 0.3 is 5.97 Å². The maximum Gasteiger partial charge on any atom is 0.345 e. The Hall–Kier alpha value is -5.91. The summed E-state index contributed by atoms with van der Waals surface area (Å²) in [6, 6.07) is 17.7. The minimum atomic E-state index is -1.45. The van der Waals surface area contributed by atoms with Crippen molar-refractivity contribution in [3.8, 4) is 51.7 Å². The summed E-state index contributed by atoms with van der Waals surface area (Å²) in [5.74, 6) is 6.37. The SMILES string of the molecule is CC#Cc1sc2ncnc(OC(Cc3cc(C=O)ccc3OCc3ccnc(-c4ccccc4OC)n3)C(=O)O)c2c1-c1ccc(C2OCCCO2)c(Cl)c1C. The standard InChI is InChI=1S/C42H35ClN4O8S/c1-4-8-34-35(28-12-13-30(37(43)24(28)2)42-52-17-7-18-53-42)36-39(45-23-46-40(36)56-34)55-33(41(49)50)20-26-19-25(21-48)11-14-31(26)54-22-27-15-16-44-38(47-27)29-9-5-6-10-32(29)51-3/h5-6,9-16,19,21,23,33,42H,7,17-18,20,22H2,1-3H3,(H,49,50). The van der Waals surface area contributed by atoms with Crippen LogP contribution in [0.5, 0.6) is 17.4 Å². The number of halogens is 1. The number of hydrogen-bond acceptors (Lipinski definition) is 12. The highest BCUT2D eigenvalue weighted by Gasteiger charge is 2.29. The van der Waals surface area contributed by atoms with E-state index >= 15 is 0 Å². The normalized spacial score (nSPS) is 13.4. The second-order valence-electron chi connectivity index (χ2n) is 12.6. The van der Waals surface area contributed by atoms with E-state index in [0.29, 0.717) is 84.9 Å². The fourth-order valence-electron chi connectivity index (χ4n) is 6.36. The Kier molecular flexibility index (Phi) is 11.8. The zero-order valence-electron chi connectivity index (χ0n) is 30.6. The van der Waals surface area contributed by atoms with Crippen molar-refractivity contribution in [2.24, 2.45) is 0 Å². The first kappa shape index (κ1) is 38.4. The van der Waals surface area contributed by atoms with E-state index < -0.39 is 18.4 Å². The van der Waals surface area contributed by atoms with Crippen molar-refractivity contribution < 1.29 is 38.4 Å². The summed E-state index contributed by atoms with van der Waals surface area (Å²) in [5, 5.41) is 11.5. The first-order valence-corrected chi connectivity index (χ1v) is 18.8. The molecular formula is C42H35ClN4O8S. The second-order valence-corrected chi connectivity index (χ2v) is 14.0. The minimum absolute atomic E-state index is 0.0302. The highest BCUT2D eigenvalue weighted by Crippen LogP contribution is 2.45. The molecule has 1 aliphatic rings. The number of nitrogens with zero attached hydrogens (tertiary/aromatic N) is 4. The lowest BCUT2D eigenvalue weighted by molar-refractivity contribution is -0.182. The molecule has 6 aromatic rings. The molecule has 1 N–H and O–H groups in total. The number of hydrogen-bond donors (Lipinski definition) is 1. The molecule has 14 heteroatoms. The predicted molar refractivity (Wildman–Crippen MR) is 210 cm³/mol. The number of carbonyl (C=O) groups is 2. The molecule has 3 aromatic heterocycles. The smallest absolute Gasteiger partial charge is 0.345 e. The third-order valence-corrected chi connectivity index (χ3v) is 10.6. The molecule has 7 rings (SSSR count). The first-order chi connectivity index (χ1) is 27.3. The van der Waals surface area contributed by atoms with Gasteiger partial charge in [0.1, 0.15) is 35.5 Å². The van der Waals surface area contributed by atoms with Gasteiger partial charge in [-0.2, -0.15) is 0 Å². The highest BCUT2D eigenvalue weighted by molar-refractivity contribution is 7.19. The zero-order chi connectivity index (χ0) is 39.2. The van der Waals surface area contributed by atoms with Crippen molar-refractivity contribution in [3.05, 3.63) is 111 Å². The molecule has 1 saturated heterocycles. The number of aliphatic carboxylic acids is 1. The number of thiophene rings is 1. The summed E-state index contributed by atoms with van der Waals surface area (Å²) < 4.78 is 29.6. The lowest BCUT2D eigenvalue weighted by Gasteiger charge is -2.25. The van der Waals surface area contributed by atoms with Crippen LogP contribution in [0.3, 0.4) is 0 Å². The summed E-state index contributed by atoms with van der Waals surface area (Å²) >= 11 is 8.29. The van der Waals surface area contributed by atoms with Gasteiger partial charge in [-0.1, -0.05) is 41.8 Å². The molecule has 12 nitrogen and oxygen atoms in total. The van der Waals surface area contributed by atoms with E-state index in [4.69, 9.17) is 35.3 Å². The number of fused-ring (bicyclic) bond motifs is 1. The Bertz CT molecular complexity index is 2490. The van der Waals surface area contributed by atoms with E-state index in [1.54, 1.807) is 44.5 Å². The van der Waals surface area contributed by atoms with Gasteiger partial charge in [0.25, 0.3) is 0 Å². The number of methoxy groups -OCH3 is 1. The monoisotopic (exact) mass is 790 g/mol. The van der Waals surface area contributed by atoms with E-state index in [2.05, 4.69) is 31.8 Å². The molecule has 0 saturated carbocycles. The first-order valence-electron chi connectivity index (χ1n) is 17.6. The number of carbonyl (C=O) groups excluding carboxylic acids is 1. The Morgan fingerprint density at radius 1 is 1.07 bits per heavy atom. The number of aromatic nitrogens is 4. The molecular weight excluding hydrogens is 756 g/mol. The zero-order valence-corrected chi connectivity index (χ0v) is 32.1. The van der Waals surface area contributed by atoms with Crippen LogP contribution in [-0.4, -0.2) is 63.7 Å². The molecule has 1 aliphatic heterocycles. The van der Waals surface area contributed by atoms with Crippen LogP contribution in [0.4, 0.5) is 0 Å². The van der Waals surface area contributed by atoms with Crippen LogP contribution < -0.4 is 14.2 Å². The minimum Gasteiger partial charge on any atom is -0.496 e. The van der Waals surface area contributed by atoms with Gasteiger partial charge in [-0.25, -0.2) is 24.7 Å². The van der Waals surface area contributed by atoms with Crippen LogP contribution >= 0.6 is 22.9 Å². The largest absolute Gasteiger partial charge is 0.496 e. The van der Waals surface area contributed by atoms with Crippen molar-refractivity contribution >= 4 is 45.4 Å². The number of rotatable bonds is 13. The molecule has 3 aromatic carbocycles. The van der Waals surface area contributed by atoms with Crippen molar-refractivity contribution in [1.82, 2.24) is 19.9 Å². The maximum absolute atomic E-state index is 12.9. The number of para-hydroxylation sites is 1. The number of carboxylic acid groups (broad SMARTS) is 1. The van der Waals surface area contributed by atoms with Crippen molar-refractivity contribution in [2.45, 2.75) is 45.7 Å². The summed E-state index contributed by atoms with van der Waals surface area (Å²) in [5.41, 5.74) is 4.92. The van der Waals surface area contributed by atoms with Crippen LogP contribution in [0.15, 0.2) is 73.2 Å². The average Bonchev–Trinajstić information content (AvgIpc) is 3.60. The van der Waals surface area contributed by atoms with Crippen LogP contribution in [0.1, 0.15) is 57.3 Å². The van der Waals surface area contributed by atoms with Gasteiger partial charge in [-0.3, -0.25) is 4.79 Å². The van der Waals surface area contributed by atoms with E-state index in [1.807, 2.05) is 43.3 Å². The predicted octanol–water partition coefficient (Wildman–Crippen LogP) is 8.06. The summed E-state index contributed by atoms with van der Waals surface area (Å²) in [6.45, 7) is 4.79. The van der Waals surface area contributed by atoms with Crippen LogP contribution in [0.25, 0.3) is 32.7 Å². The fourth-order valence-corrected chi connectivity index (χ4v) is 7.66. The topological polar surface area (TPSA) is 152 Å². The Morgan fingerprint density at radius 2 is 1.89 bits per heavy atom. The third kappa shape index (κ3) is 8.05. The molecule has 1 atom stereocenters. The number of benzene rings is 3. The molecule has 284 valence electrons. The molecule has 0 aliphatic carbocycles. The van der Waals surface area contributed by atoms with Gasteiger partial charge in [-0.05, 0) is 73.4 Å². The Morgan fingerprint density at radius 3 is 2.66 bits per heavy atom. The van der Waals surface area contributed by atoms with Gasteiger partial charge in [0.15, 0.2) is 12.1 Å². The molecule has 0 spiro atoms. The van der Waals surface area contributed by atoms with Crippen LogP contribution in [-0.2, 0) is 27.3 Å². The fraction of sp³-hybridized carbons (Fsp3) is 0.238. The van der Waals surface area contributed by atoms with Crippen molar-refractivity contribution in [2.75, 3.05) is 20.3 Å². The van der Waals surface area contributed by atoms with Gasteiger partial charge in [0, 0.05) is 29.3 Å². The molecule has 1 fully saturated rings. The second kappa shape index (κ2) is 17.3. The lowest BCUT2D eigenvalue weighted by atomic mass is 9.96. The van der Waals surface area contributed by atoms with Crippen molar-refractivity contribution in [3.63, 3.8) is 0 Å². The van der Waals surface area contributed by atoms with Gasteiger partial charge in [0.05, 0.1) is 46.9 Å².